The molecular formula is C29H36N4O4S2. The summed E-state index contributed by atoms with van der Waals surface area (Å²) in [6.45, 7) is 0.547. The molecule has 0 heterocycles. The highest BCUT2D eigenvalue weighted by Crippen LogP contribution is 2.31. The first-order valence-electron chi connectivity index (χ1n) is 12.9. The first kappa shape index (κ1) is 28.8. The van der Waals surface area contributed by atoms with Crippen molar-refractivity contribution < 1.29 is 16.8 Å². The van der Waals surface area contributed by atoms with E-state index in [4.69, 9.17) is 0 Å². The molecule has 4 aromatic rings. The molecule has 0 spiro atoms. The normalized spacial score (nSPS) is 12.2. The summed E-state index contributed by atoms with van der Waals surface area (Å²) in [4.78, 5) is 4.43. The van der Waals surface area contributed by atoms with Gasteiger partial charge in [-0.25, -0.2) is 26.3 Å². The summed E-state index contributed by atoms with van der Waals surface area (Å²) >= 11 is 0. The van der Waals surface area contributed by atoms with Crippen molar-refractivity contribution >= 4 is 53.0 Å². The Bertz CT molecular complexity index is 1560. The number of nitrogens with one attached hydrogen (secondary N) is 2. The minimum atomic E-state index is -3.70. The zero-order valence-corrected chi connectivity index (χ0v) is 24.4. The van der Waals surface area contributed by atoms with Gasteiger partial charge in [0.2, 0.25) is 20.0 Å². The molecule has 208 valence electrons. The fourth-order valence-electron chi connectivity index (χ4n) is 4.77. The summed E-state index contributed by atoms with van der Waals surface area (Å²) in [5.74, 6) is 0. The lowest BCUT2D eigenvalue weighted by atomic mass is 10.1. The fourth-order valence-corrected chi connectivity index (χ4v) is 7.36. The Morgan fingerprint density at radius 2 is 0.872 bits per heavy atom. The van der Waals surface area contributed by atoms with Crippen molar-refractivity contribution in [1.82, 2.24) is 9.44 Å². The van der Waals surface area contributed by atoms with Crippen LogP contribution >= 0.6 is 0 Å². The predicted octanol–water partition coefficient (Wildman–Crippen LogP) is 4.55. The zero-order valence-electron chi connectivity index (χ0n) is 22.8. The van der Waals surface area contributed by atoms with Crippen LogP contribution in [0.4, 0.5) is 11.4 Å². The maximum Gasteiger partial charge on any atom is 0.241 e. The largest absolute Gasteiger partial charge is 0.377 e. The van der Waals surface area contributed by atoms with Crippen molar-refractivity contribution in [2.45, 2.75) is 29.1 Å². The summed E-state index contributed by atoms with van der Waals surface area (Å²) in [6, 6.07) is 21.9. The molecule has 0 atom stereocenters. The molecule has 0 saturated carbocycles. The second-order valence-electron chi connectivity index (χ2n) is 9.90. The quantitative estimate of drug-likeness (QED) is 0.243. The maximum absolute atomic E-state index is 13.1. The standard InChI is InChI=1S/C29H36N4O4S2/c1-32(2)26-16-8-14-24-22(26)12-10-18-28(24)38(34,35)30-20-6-5-7-21-31-39(36,37)29-19-11-13-23-25(29)15-9-17-27(23)33(3)4/h8-19,30-31H,5-7,20-21H2,1-4H3. The average Bonchev–Trinajstić information content (AvgIpc) is 2.90. The molecule has 10 heteroatoms. The van der Waals surface area contributed by atoms with Crippen LogP contribution in [0.1, 0.15) is 19.3 Å². The van der Waals surface area contributed by atoms with E-state index in [1.165, 1.54) is 0 Å². The second kappa shape index (κ2) is 11.9. The van der Waals surface area contributed by atoms with Crippen LogP contribution in [0, 0.1) is 0 Å². The average molecular weight is 569 g/mol. The van der Waals surface area contributed by atoms with Gasteiger partial charge in [-0.1, -0.05) is 55.0 Å². The number of benzene rings is 4. The molecule has 0 radical (unpaired) electrons. The molecule has 4 aromatic carbocycles. The van der Waals surface area contributed by atoms with Crippen LogP contribution in [0.5, 0.6) is 0 Å². The van der Waals surface area contributed by atoms with E-state index >= 15 is 0 Å². The molecule has 0 saturated heterocycles. The Kier molecular flexibility index (Phi) is 8.80. The van der Waals surface area contributed by atoms with E-state index in [1.807, 2.05) is 86.5 Å². The topological polar surface area (TPSA) is 98.8 Å². The van der Waals surface area contributed by atoms with E-state index in [-0.39, 0.29) is 22.9 Å². The van der Waals surface area contributed by atoms with E-state index in [9.17, 15) is 16.8 Å². The molecule has 0 aliphatic heterocycles. The van der Waals surface area contributed by atoms with Gasteiger partial charge in [-0.15, -0.1) is 0 Å². The predicted molar refractivity (Wildman–Crippen MR) is 161 cm³/mol. The van der Waals surface area contributed by atoms with Gasteiger partial charge in [-0.05, 0) is 37.1 Å². The molecule has 0 aliphatic carbocycles. The van der Waals surface area contributed by atoms with Crippen LogP contribution in [0.25, 0.3) is 21.5 Å². The van der Waals surface area contributed by atoms with Crippen LogP contribution in [-0.2, 0) is 20.0 Å². The lowest BCUT2D eigenvalue weighted by molar-refractivity contribution is 0.569. The number of fused-ring (bicyclic) bond motifs is 2. The van der Waals surface area contributed by atoms with E-state index in [0.29, 0.717) is 30.0 Å². The van der Waals surface area contributed by atoms with Gasteiger partial charge in [0.1, 0.15) is 0 Å². The number of rotatable bonds is 12. The number of unbranched alkanes of at least 4 members (excludes halogenated alkanes) is 2. The smallest absolute Gasteiger partial charge is 0.241 e. The van der Waals surface area contributed by atoms with Crippen molar-refractivity contribution in [2.24, 2.45) is 0 Å². The summed E-state index contributed by atoms with van der Waals surface area (Å²) < 4.78 is 57.6. The summed E-state index contributed by atoms with van der Waals surface area (Å²) in [5.41, 5.74) is 1.90. The van der Waals surface area contributed by atoms with Gasteiger partial charge in [0.25, 0.3) is 0 Å². The van der Waals surface area contributed by atoms with E-state index < -0.39 is 20.0 Å². The molecule has 0 aliphatic rings. The van der Waals surface area contributed by atoms with Crippen molar-refractivity contribution in [2.75, 3.05) is 51.1 Å². The molecule has 0 unspecified atom stereocenters. The Morgan fingerprint density at radius 1 is 0.513 bits per heavy atom. The van der Waals surface area contributed by atoms with Crippen LogP contribution in [0.3, 0.4) is 0 Å². The van der Waals surface area contributed by atoms with E-state index in [2.05, 4.69) is 9.44 Å². The molecular weight excluding hydrogens is 532 g/mol. The number of hydrogen-bond acceptors (Lipinski definition) is 6. The van der Waals surface area contributed by atoms with Crippen LogP contribution in [0.2, 0.25) is 0 Å². The summed E-state index contributed by atoms with van der Waals surface area (Å²) in [5, 5.41) is 3.11. The van der Waals surface area contributed by atoms with Gasteiger partial charge in [0, 0.05) is 74.2 Å². The van der Waals surface area contributed by atoms with Crippen molar-refractivity contribution in [3.8, 4) is 0 Å². The SMILES string of the molecule is CN(C)c1cccc2c(S(=O)(=O)NCCCCCNS(=O)(=O)c3cccc4c(N(C)C)cccc34)cccc12. The molecule has 8 nitrogen and oxygen atoms in total. The number of sulfonamides is 2. The monoisotopic (exact) mass is 568 g/mol. The lowest BCUT2D eigenvalue weighted by Crippen LogP contribution is -2.26. The van der Waals surface area contributed by atoms with Crippen LogP contribution in [-0.4, -0.2) is 58.1 Å². The van der Waals surface area contributed by atoms with Crippen molar-refractivity contribution in [1.29, 1.82) is 0 Å². The van der Waals surface area contributed by atoms with Crippen LogP contribution in [0.15, 0.2) is 82.6 Å². The number of nitrogens with zero attached hydrogens (tertiary/aromatic N) is 2. The maximum atomic E-state index is 13.1. The second-order valence-corrected chi connectivity index (χ2v) is 13.4. The molecule has 0 amide bonds. The first-order valence-corrected chi connectivity index (χ1v) is 15.9. The van der Waals surface area contributed by atoms with Gasteiger partial charge in [-0.3, -0.25) is 0 Å². The molecule has 0 fully saturated rings. The Balaban J connectivity index is 1.32. The highest BCUT2D eigenvalue weighted by molar-refractivity contribution is 7.90. The van der Waals surface area contributed by atoms with Crippen molar-refractivity contribution in [3.63, 3.8) is 0 Å². The van der Waals surface area contributed by atoms with Gasteiger partial charge < -0.3 is 9.80 Å². The molecule has 2 N–H and O–H groups in total. The van der Waals surface area contributed by atoms with E-state index in [0.717, 1.165) is 22.1 Å². The summed E-state index contributed by atoms with van der Waals surface area (Å²) in [7, 11) is 0.321. The first-order chi connectivity index (χ1) is 18.5. The van der Waals surface area contributed by atoms with Gasteiger partial charge in [0.15, 0.2) is 0 Å². The Labute approximate surface area is 231 Å². The zero-order chi connectivity index (χ0) is 28.2. The molecule has 0 aromatic heterocycles. The van der Waals surface area contributed by atoms with Crippen LogP contribution < -0.4 is 19.2 Å². The van der Waals surface area contributed by atoms with Gasteiger partial charge in [-0.2, -0.15) is 0 Å². The Hall–Kier alpha value is -3.18. The minimum absolute atomic E-state index is 0.254. The number of hydrogen-bond donors (Lipinski definition) is 2. The molecule has 39 heavy (non-hydrogen) atoms. The lowest BCUT2D eigenvalue weighted by Gasteiger charge is -2.17. The van der Waals surface area contributed by atoms with Crippen molar-refractivity contribution in [3.05, 3.63) is 72.8 Å². The van der Waals surface area contributed by atoms with Gasteiger partial charge in [0.05, 0.1) is 9.79 Å². The third kappa shape index (κ3) is 6.36. The van der Waals surface area contributed by atoms with E-state index in [1.54, 1.807) is 24.3 Å². The molecule has 4 rings (SSSR count). The highest BCUT2D eigenvalue weighted by Gasteiger charge is 2.19. The van der Waals surface area contributed by atoms with Gasteiger partial charge >= 0.3 is 0 Å². The third-order valence-corrected chi connectivity index (χ3v) is 9.74. The highest BCUT2D eigenvalue weighted by atomic mass is 32.2. The third-order valence-electron chi connectivity index (χ3n) is 6.70. The summed E-state index contributed by atoms with van der Waals surface area (Å²) in [6.07, 6.45) is 1.86. The minimum Gasteiger partial charge on any atom is -0.377 e. The fraction of sp³-hybridized carbons (Fsp3) is 0.310. The number of anilines is 2. The molecule has 0 bridgehead atoms. The Morgan fingerprint density at radius 3 is 1.26 bits per heavy atom.